The number of thiophene rings is 1. The van der Waals surface area contributed by atoms with Crippen molar-refractivity contribution >= 4 is 39.1 Å². The second-order valence-electron chi connectivity index (χ2n) is 4.70. The van der Waals surface area contributed by atoms with Crippen molar-refractivity contribution in [2.75, 3.05) is 0 Å². The van der Waals surface area contributed by atoms with E-state index in [1.165, 1.54) is 11.3 Å². The van der Waals surface area contributed by atoms with Gasteiger partial charge in [-0.2, -0.15) is 0 Å². The fourth-order valence-electron chi connectivity index (χ4n) is 1.65. The van der Waals surface area contributed by atoms with Gasteiger partial charge in [0.15, 0.2) is 0 Å². The molecule has 0 saturated heterocycles. The first kappa shape index (κ1) is 16.5. The predicted octanol–water partition coefficient (Wildman–Crippen LogP) is 3.37. The molecule has 1 aromatic heterocycles. The van der Waals surface area contributed by atoms with Crippen molar-refractivity contribution in [1.82, 2.24) is 10.9 Å². The first-order chi connectivity index (χ1) is 10.5. The minimum atomic E-state index is -0.401. The molecule has 5 nitrogen and oxygen atoms in total. The zero-order chi connectivity index (χ0) is 16.1. The number of hydrazine groups is 1. The van der Waals surface area contributed by atoms with E-state index in [-0.39, 0.29) is 12.0 Å². The smallest absolute Gasteiger partial charge is 0.279 e. The number of carbonyl (C=O) groups excluding carboxylic acids is 2. The van der Waals surface area contributed by atoms with Crippen molar-refractivity contribution in [3.8, 4) is 5.75 Å². The molecule has 0 atom stereocenters. The summed E-state index contributed by atoms with van der Waals surface area (Å²) in [7, 11) is 0. The van der Waals surface area contributed by atoms with Crippen molar-refractivity contribution in [1.29, 1.82) is 0 Å². The van der Waals surface area contributed by atoms with Gasteiger partial charge in [-0.05, 0) is 59.4 Å². The summed E-state index contributed by atoms with van der Waals surface area (Å²) in [4.78, 5) is 24.3. The van der Waals surface area contributed by atoms with Gasteiger partial charge in [-0.1, -0.05) is 6.07 Å². The number of nitrogens with one attached hydrogen (secondary N) is 2. The molecule has 116 valence electrons. The van der Waals surface area contributed by atoms with Crippen LogP contribution in [0.4, 0.5) is 0 Å². The molecule has 2 rings (SSSR count). The van der Waals surface area contributed by atoms with Crippen LogP contribution in [0.2, 0.25) is 0 Å². The van der Waals surface area contributed by atoms with Crippen molar-refractivity contribution in [2.24, 2.45) is 0 Å². The number of hydrogen-bond donors (Lipinski definition) is 2. The molecule has 7 heteroatoms. The van der Waals surface area contributed by atoms with Crippen LogP contribution in [0, 0.1) is 0 Å². The molecule has 0 spiro atoms. The average molecular weight is 383 g/mol. The molecule has 0 fully saturated rings. The highest BCUT2D eigenvalue weighted by Gasteiger charge is 2.12. The third-order valence-corrected chi connectivity index (χ3v) is 4.08. The summed E-state index contributed by atoms with van der Waals surface area (Å²) in [5.74, 6) is -0.0851. The first-order valence-electron chi connectivity index (χ1n) is 6.57. The minimum Gasteiger partial charge on any atom is -0.490 e. The van der Waals surface area contributed by atoms with E-state index in [0.717, 1.165) is 0 Å². The molecule has 0 unspecified atom stereocenters. The molecule has 0 saturated carbocycles. The Morgan fingerprint density at radius 3 is 2.50 bits per heavy atom. The van der Waals surface area contributed by atoms with Crippen LogP contribution in [-0.4, -0.2) is 17.9 Å². The van der Waals surface area contributed by atoms with Gasteiger partial charge in [-0.15, -0.1) is 11.3 Å². The van der Waals surface area contributed by atoms with Crippen LogP contribution in [0.5, 0.6) is 5.75 Å². The molecule has 0 aliphatic heterocycles. The fraction of sp³-hybridized carbons (Fsp3) is 0.200. The lowest BCUT2D eigenvalue weighted by Gasteiger charge is -2.12. The summed E-state index contributed by atoms with van der Waals surface area (Å²) < 4.78 is 6.26. The maximum Gasteiger partial charge on any atom is 0.279 e. The Morgan fingerprint density at radius 2 is 1.91 bits per heavy atom. The Morgan fingerprint density at radius 1 is 1.18 bits per heavy atom. The number of carbonyl (C=O) groups is 2. The summed E-state index contributed by atoms with van der Waals surface area (Å²) in [5, 5.41) is 1.79. The normalized spacial score (nSPS) is 10.4. The van der Waals surface area contributed by atoms with E-state index >= 15 is 0 Å². The zero-order valence-corrected chi connectivity index (χ0v) is 14.5. The fourth-order valence-corrected chi connectivity index (χ4v) is 2.74. The Kier molecular flexibility index (Phi) is 5.57. The van der Waals surface area contributed by atoms with Crippen molar-refractivity contribution in [2.45, 2.75) is 20.0 Å². The number of benzene rings is 1. The SMILES string of the molecule is CC(C)Oc1ccc(C(=O)NNC(=O)c2cccs2)cc1Br. The summed E-state index contributed by atoms with van der Waals surface area (Å²) in [5.41, 5.74) is 5.17. The average Bonchev–Trinajstić information content (AvgIpc) is 3.00. The van der Waals surface area contributed by atoms with E-state index < -0.39 is 5.91 Å². The molecule has 2 aromatic rings. The molecular formula is C15H15BrN2O3S. The van der Waals surface area contributed by atoms with E-state index in [4.69, 9.17) is 4.74 Å². The van der Waals surface area contributed by atoms with Gasteiger partial charge in [0.1, 0.15) is 5.75 Å². The molecule has 22 heavy (non-hydrogen) atoms. The molecule has 0 radical (unpaired) electrons. The molecule has 2 amide bonds. The monoisotopic (exact) mass is 382 g/mol. The van der Waals surface area contributed by atoms with Crippen molar-refractivity contribution in [3.63, 3.8) is 0 Å². The third kappa shape index (κ3) is 4.32. The zero-order valence-electron chi connectivity index (χ0n) is 12.1. The lowest BCUT2D eigenvalue weighted by atomic mass is 10.2. The predicted molar refractivity (Wildman–Crippen MR) is 89.2 cm³/mol. The molecule has 2 N–H and O–H groups in total. The standard InChI is InChI=1S/C15H15BrN2O3S/c1-9(2)21-12-6-5-10(8-11(12)16)14(19)17-18-15(20)13-4-3-7-22-13/h3-9H,1-2H3,(H,17,19)(H,18,20). The van der Waals surface area contributed by atoms with Gasteiger partial charge in [0, 0.05) is 5.56 Å². The van der Waals surface area contributed by atoms with Gasteiger partial charge >= 0.3 is 0 Å². The Bertz CT molecular complexity index is 671. The molecule has 0 bridgehead atoms. The Labute approximate surface area is 140 Å². The molecule has 1 heterocycles. The van der Waals surface area contributed by atoms with Crippen molar-refractivity contribution in [3.05, 3.63) is 50.6 Å². The summed E-state index contributed by atoms with van der Waals surface area (Å²) >= 11 is 4.67. The van der Waals surface area contributed by atoms with E-state index in [1.807, 2.05) is 13.8 Å². The number of halogens is 1. The largest absolute Gasteiger partial charge is 0.490 e. The van der Waals surface area contributed by atoms with Crippen LogP contribution in [0.1, 0.15) is 33.9 Å². The lowest BCUT2D eigenvalue weighted by Crippen LogP contribution is -2.41. The number of amides is 2. The maximum absolute atomic E-state index is 12.0. The Balaban J connectivity index is 1.98. The highest BCUT2D eigenvalue weighted by atomic mass is 79.9. The third-order valence-electron chi connectivity index (χ3n) is 2.59. The van der Waals surface area contributed by atoms with Gasteiger partial charge in [-0.25, -0.2) is 0 Å². The second kappa shape index (κ2) is 7.42. The molecule has 0 aliphatic rings. The van der Waals surface area contributed by atoms with Gasteiger partial charge in [0.2, 0.25) is 0 Å². The van der Waals surface area contributed by atoms with E-state index in [1.54, 1.807) is 35.7 Å². The molecule has 0 aliphatic carbocycles. The van der Waals surface area contributed by atoms with Crippen LogP contribution < -0.4 is 15.6 Å². The lowest BCUT2D eigenvalue weighted by molar-refractivity contribution is 0.0849. The molecular weight excluding hydrogens is 368 g/mol. The minimum absolute atomic E-state index is 0.0426. The van der Waals surface area contributed by atoms with Crippen LogP contribution >= 0.6 is 27.3 Å². The number of hydrogen-bond acceptors (Lipinski definition) is 4. The van der Waals surface area contributed by atoms with Crippen LogP contribution in [0.25, 0.3) is 0 Å². The van der Waals surface area contributed by atoms with Gasteiger partial charge < -0.3 is 4.74 Å². The highest BCUT2D eigenvalue weighted by Crippen LogP contribution is 2.26. The Hall–Kier alpha value is -1.86. The van der Waals surface area contributed by atoms with Crippen LogP contribution in [0.3, 0.4) is 0 Å². The topological polar surface area (TPSA) is 67.4 Å². The summed E-state index contributed by atoms with van der Waals surface area (Å²) in [6.07, 6.45) is 0.0426. The summed E-state index contributed by atoms with van der Waals surface area (Å²) in [6.45, 7) is 3.85. The van der Waals surface area contributed by atoms with Gasteiger partial charge in [0.25, 0.3) is 11.8 Å². The van der Waals surface area contributed by atoms with E-state index in [0.29, 0.717) is 20.7 Å². The number of ether oxygens (including phenoxy) is 1. The maximum atomic E-state index is 12.0. The number of rotatable bonds is 4. The van der Waals surface area contributed by atoms with Gasteiger partial charge in [0.05, 0.1) is 15.5 Å². The van der Waals surface area contributed by atoms with Gasteiger partial charge in [-0.3, -0.25) is 20.4 Å². The summed E-state index contributed by atoms with van der Waals surface area (Å²) in [6, 6.07) is 8.44. The van der Waals surface area contributed by atoms with E-state index in [2.05, 4.69) is 26.8 Å². The van der Waals surface area contributed by atoms with Crippen LogP contribution in [0.15, 0.2) is 40.2 Å². The second-order valence-corrected chi connectivity index (χ2v) is 6.50. The highest BCUT2D eigenvalue weighted by molar-refractivity contribution is 9.10. The quantitative estimate of drug-likeness (QED) is 0.796. The first-order valence-corrected chi connectivity index (χ1v) is 8.25. The molecule has 1 aromatic carbocycles. The van der Waals surface area contributed by atoms with Crippen molar-refractivity contribution < 1.29 is 14.3 Å². The van der Waals surface area contributed by atoms with Crippen LogP contribution in [-0.2, 0) is 0 Å². The van der Waals surface area contributed by atoms with E-state index in [9.17, 15) is 9.59 Å².